The molecule has 11 aromatic rings. The lowest BCUT2D eigenvalue weighted by molar-refractivity contribution is 1.62. The van der Waals surface area contributed by atoms with E-state index in [0.717, 1.165) is 0 Å². The summed E-state index contributed by atoms with van der Waals surface area (Å²) in [5.74, 6) is 0. The fourth-order valence-corrected chi connectivity index (χ4v) is 10.3. The molecule has 0 aliphatic heterocycles. The Kier molecular flexibility index (Phi) is 6.60. The van der Waals surface area contributed by atoms with Gasteiger partial charge in [-0.1, -0.05) is 158 Å². The van der Waals surface area contributed by atoms with Gasteiger partial charge in [0.25, 0.3) is 0 Å². The molecule has 0 bridgehead atoms. The first-order valence-electron chi connectivity index (χ1n) is 19.0. The van der Waals surface area contributed by atoms with Crippen molar-refractivity contribution >= 4 is 63.8 Å². The molecule has 0 fully saturated rings. The molecule has 12 rings (SSSR count). The molecule has 0 saturated heterocycles. The highest BCUT2D eigenvalue weighted by Crippen LogP contribution is 2.49. The lowest BCUT2D eigenvalue weighted by atomic mass is 9.92. The minimum atomic E-state index is 1.23. The Hall–Kier alpha value is -6.80. The van der Waals surface area contributed by atoms with E-state index < -0.39 is 0 Å². The summed E-state index contributed by atoms with van der Waals surface area (Å²) < 4.78 is 2.70. The van der Waals surface area contributed by atoms with Crippen LogP contribution in [0.25, 0.3) is 119 Å². The summed E-state index contributed by atoms with van der Waals surface area (Å²) in [7, 11) is 0. The highest BCUT2D eigenvalue weighted by Gasteiger charge is 2.22. The third kappa shape index (κ3) is 4.77. The molecule has 254 valence electrons. The topological polar surface area (TPSA) is 0 Å². The Labute approximate surface area is 323 Å². The number of hydrogen-bond donors (Lipinski definition) is 0. The van der Waals surface area contributed by atoms with Gasteiger partial charge in [0, 0.05) is 20.2 Å². The van der Waals surface area contributed by atoms with Gasteiger partial charge in [0.1, 0.15) is 0 Å². The molecular formula is C54H32S. The third-order valence-corrected chi connectivity index (χ3v) is 13.0. The zero-order valence-electron chi connectivity index (χ0n) is 29.9. The Morgan fingerprint density at radius 1 is 0.255 bits per heavy atom. The van der Waals surface area contributed by atoms with Crippen LogP contribution in [0.1, 0.15) is 0 Å². The van der Waals surface area contributed by atoms with Gasteiger partial charge in [-0.2, -0.15) is 0 Å². The van der Waals surface area contributed by atoms with Crippen LogP contribution >= 0.6 is 11.3 Å². The number of benzene rings is 10. The minimum absolute atomic E-state index is 1.23. The van der Waals surface area contributed by atoms with Gasteiger partial charge < -0.3 is 0 Å². The standard InChI is InChI=1S/C54H32S/c1-2-11-46-45(10-1)49-15-7-14-48-43(26-27-50(46)53(48)49)41-9-5-8-33(31-41)34-18-19-36-29-37(21-20-35(36)28-34)38-22-23-40-32-42(25-24-39(40)30-38)44-13-6-16-51-47-12-3-4-17-52(47)55-54(44)51/h1-32H. The SMILES string of the molecule is c1cc(-c2ccc3cc(-c4ccc5cc(-c6cccc7c6sc6ccccc67)ccc5c4)ccc3c2)cc(-c2ccc3c4c(cccc24)-c2ccccc2-3)c1. The molecule has 0 amide bonds. The first-order chi connectivity index (χ1) is 27.2. The van der Waals surface area contributed by atoms with Crippen molar-refractivity contribution in [3.8, 4) is 66.8 Å². The fraction of sp³-hybridized carbons (Fsp3) is 0. The number of thiophene rings is 1. The van der Waals surface area contributed by atoms with Crippen molar-refractivity contribution < 1.29 is 0 Å². The van der Waals surface area contributed by atoms with Crippen LogP contribution in [0.2, 0.25) is 0 Å². The summed E-state index contributed by atoms with van der Waals surface area (Å²) >= 11 is 1.89. The lowest BCUT2D eigenvalue weighted by Crippen LogP contribution is -1.86. The van der Waals surface area contributed by atoms with Gasteiger partial charge in [0.15, 0.2) is 0 Å². The third-order valence-electron chi connectivity index (χ3n) is 11.8. The monoisotopic (exact) mass is 712 g/mol. The molecule has 0 unspecified atom stereocenters. The van der Waals surface area contributed by atoms with Crippen molar-refractivity contribution in [1.82, 2.24) is 0 Å². The van der Waals surface area contributed by atoms with E-state index in [-0.39, 0.29) is 0 Å². The first kappa shape index (κ1) is 30.6. The highest BCUT2D eigenvalue weighted by molar-refractivity contribution is 7.26. The van der Waals surface area contributed by atoms with E-state index in [0.29, 0.717) is 0 Å². The second-order valence-electron chi connectivity index (χ2n) is 14.8. The zero-order chi connectivity index (χ0) is 36.0. The van der Waals surface area contributed by atoms with Crippen molar-refractivity contribution in [2.45, 2.75) is 0 Å². The van der Waals surface area contributed by atoms with Crippen LogP contribution in [0.3, 0.4) is 0 Å². The van der Waals surface area contributed by atoms with Crippen molar-refractivity contribution in [2.75, 3.05) is 0 Å². The maximum atomic E-state index is 2.35. The average Bonchev–Trinajstić information content (AvgIpc) is 3.80. The second kappa shape index (κ2) is 11.9. The van der Waals surface area contributed by atoms with Crippen LogP contribution in [-0.2, 0) is 0 Å². The normalized spacial score (nSPS) is 12.0. The molecule has 0 N–H and O–H groups in total. The summed E-state index contributed by atoms with van der Waals surface area (Å²) in [6.07, 6.45) is 0. The average molecular weight is 713 g/mol. The van der Waals surface area contributed by atoms with Crippen molar-refractivity contribution in [3.05, 3.63) is 194 Å². The summed E-state index contributed by atoms with van der Waals surface area (Å²) in [6, 6.07) is 72.2. The van der Waals surface area contributed by atoms with Crippen molar-refractivity contribution in [3.63, 3.8) is 0 Å². The molecule has 1 aliphatic carbocycles. The first-order valence-corrected chi connectivity index (χ1v) is 19.8. The summed E-state index contributed by atoms with van der Waals surface area (Å²) in [5.41, 5.74) is 15.4. The smallest absolute Gasteiger partial charge is 0.0433 e. The van der Waals surface area contributed by atoms with E-state index in [9.17, 15) is 0 Å². The van der Waals surface area contributed by atoms with Crippen LogP contribution in [-0.4, -0.2) is 0 Å². The fourth-order valence-electron chi connectivity index (χ4n) is 9.10. The Bertz CT molecular complexity index is 3350. The van der Waals surface area contributed by atoms with Gasteiger partial charge in [-0.25, -0.2) is 0 Å². The van der Waals surface area contributed by atoms with Crippen molar-refractivity contribution in [2.24, 2.45) is 0 Å². The predicted molar refractivity (Wildman–Crippen MR) is 238 cm³/mol. The minimum Gasteiger partial charge on any atom is -0.135 e. The summed E-state index contributed by atoms with van der Waals surface area (Å²) in [4.78, 5) is 0. The van der Waals surface area contributed by atoms with Crippen LogP contribution in [0.5, 0.6) is 0 Å². The van der Waals surface area contributed by atoms with Gasteiger partial charge in [-0.3, -0.25) is 0 Å². The molecule has 0 saturated carbocycles. The van der Waals surface area contributed by atoms with E-state index in [1.807, 2.05) is 11.3 Å². The van der Waals surface area contributed by atoms with Crippen LogP contribution in [0.4, 0.5) is 0 Å². The van der Waals surface area contributed by atoms with Gasteiger partial charge in [0.2, 0.25) is 0 Å². The van der Waals surface area contributed by atoms with E-state index in [1.54, 1.807) is 0 Å². The second-order valence-corrected chi connectivity index (χ2v) is 15.9. The molecule has 10 aromatic carbocycles. The van der Waals surface area contributed by atoms with E-state index in [2.05, 4.69) is 194 Å². The van der Waals surface area contributed by atoms with Gasteiger partial charge in [-0.15, -0.1) is 11.3 Å². The van der Waals surface area contributed by atoms with E-state index >= 15 is 0 Å². The molecule has 55 heavy (non-hydrogen) atoms. The Morgan fingerprint density at radius 2 is 0.709 bits per heavy atom. The predicted octanol–water partition coefficient (Wildman–Crippen LogP) is 15.8. The lowest BCUT2D eigenvalue weighted by Gasteiger charge is -2.12. The Morgan fingerprint density at radius 3 is 1.42 bits per heavy atom. The maximum Gasteiger partial charge on any atom is 0.0433 e. The molecule has 0 nitrogen and oxygen atoms in total. The maximum absolute atomic E-state index is 2.35. The van der Waals surface area contributed by atoms with Gasteiger partial charge in [0.05, 0.1) is 0 Å². The Balaban J connectivity index is 0.860. The highest BCUT2D eigenvalue weighted by atomic mass is 32.1. The largest absolute Gasteiger partial charge is 0.135 e. The quantitative estimate of drug-likeness (QED) is 0.170. The molecule has 1 heterocycles. The van der Waals surface area contributed by atoms with Gasteiger partial charge in [-0.05, 0) is 135 Å². The van der Waals surface area contributed by atoms with E-state index in [4.69, 9.17) is 0 Å². The molecule has 1 aromatic heterocycles. The molecular weight excluding hydrogens is 681 g/mol. The summed E-state index contributed by atoms with van der Waals surface area (Å²) in [6.45, 7) is 0. The zero-order valence-corrected chi connectivity index (χ0v) is 30.7. The molecule has 1 aliphatic rings. The molecule has 0 radical (unpaired) electrons. The van der Waals surface area contributed by atoms with Crippen molar-refractivity contribution in [1.29, 1.82) is 0 Å². The number of hydrogen-bond acceptors (Lipinski definition) is 1. The molecule has 1 heteroatoms. The summed E-state index contributed by atoms with van der Waals surface area (Å²) in [5, 5.41) is 10.4. The number of fused-ring (bicyclic) bond motifs is 8. The van der Waals surface area contributed by atoms with Gasteiger partial charge >= 0.3 is 0 Å². The number of rotatable bonds is 4. The van der Waals surface area contributed by atoms with Crippen LogP contribution in [0, 0.1) is 0 Å². The molecule has 0 spiro atoms. The van der Waals surface area contributed by atoms with E-state index in [1.165, 1.54) is 119 Å². The molecule has 0 atom stereocenters. The van der Waals surface area contributed by atoms with Crippen LogP contribution < -0.4 is 0 Å². The van der Waals surface area contributed by atoms with Crippen LogP contribution in [0.15, 0.2) is 194 Å².